The number of halogens is 1. The summed E-state index contributed by atoms with van der Waals surface area (Å²) in [6.07, 6.45) is 0.975. The molecule has 0 fully saturated rings. The van der Waals surface area contributed by atoms with Crippen molar-refractivity contribution in [1.82, 2.24) is 4.98 Å². The van der Waals surface area contributed by atoms with Gasteiger partial charge in [0.25, 0.3) is 5.91 Å². The van der Waals surface area contributed by atoms with Crippen LogP contribution in [0.25, 0.3) is 11.3 Å². The summed E-state index contributed by atoms with van der Waals surface area (Å²) in [5.74, 6) is 1.86. The van der Waals surface area contributed by atoms with Gasteiger partial charge in [-0.2, -0.15) is 0 Å². The highest BCUT2D eigenvalue weighted by Crippen LogP contribution is 2.30. The molecule has 1 N–H and O–H groups in total. The van der Waals surface area contributed by atoms with Crippen LogP contribution < -0.4 is 10.1 Å². The first-order valence-electron chi connectivity index (χ1n) is 8.25. The zero-order chi connectivity index (χ0) is 18.7. The number of furan rings is 1. The number of thiazole rings is 1. The lowest BCUT2D eigenvalue weighted by atomic mass is 10.2. The number of rotatable bonds is 6. The number of carbonyl (C=O) groups excluding carboxylic acids is 1. The number of nitrogens with one attached hydrogen (secondary N) is 1. The van der Waals surface area contributed by atoms with Gasteiger partial charge in [0, 0.05) is 10.9 Å². The van der Waals surface area contributed by atoms with Crippen LogP contribution >= 0.6 is 27.3 Å². The summed E-state index contributed by atoms with van der Waals surface area (Å²) in [7, 11) is 0. The van der Waals surface area contributed by atoms with Gasteiger partial charge in [-0.15, -0.1) is 11.3 Å². The van der Waals surface area contributed by atoms with Crippen molar-refractivity contribution in [3.05, 3.63) is 51.2 Å². The SMILES string of the molecule is CCCOc1ccc(-c2csc(NC(=O)c3c(C)oc(C)c3Br)n2)cc1. The van der Waals surface area contributed by atoms with Crippen LogP contribution in [0.2, 0.25) is 0 Å². The summed E-state index contributed by atoms with van der Waals surface area (Å²) in [5, 5.41) is 5.30. The smallest absolute Gasteiger partial charge is 0.262 e. The van der Waals surface area contributed by atoms with Gasteiger partial charge in [-0.3, -0.25) is 10.1 Å². The highest BCUT2D eigenvalue weighted by molar-refractivity contribution is 9.10. The summed E-state index contributed by atoms with van der Waals surface area (Å²) in [5.41, 5.74) is 2.28. The average Bonchev–Trinajstić information content (AvgIpc) is 3.18. The van der Waals surface area contributed by atoms with E-state index in [2.05, 4.69) is 33.2 Å². The van der Waals surface area contributed by atoms with E-state index in [1.54, 1.807) is 6.92 Å². The third-order valence-electron chi connectivity index (χ3n) is 3.76. The monoisotopic (exact) mass is 434 g/mol. The number of amides is 1. The Morgan fingerprint density at radius 3 is 2.62 bits per heavy atom. The minimum Gasteiger partial charge on any atom is -0.494 e. The number of ether oxygens (including phenoxy) is 1. The molecule has 1 aromatic carbocycles. The van der Waals surface area contributed by atoms with E-state index >= 15 is 0 Å². The molecule has 0 bridgehead atoms. The maximum atomic E-state index is 12.5. The van der Waals surface area contributed by atoms with Gasteiger partial charge in [0.2, 0.25) is 0 Å². The van der Waals surface area contributed by atoms with E-state index in [1.807, 2.05) is 36.6 Å². The van der Waals surface area contributed by atoms with Gasteiger partial charge in [0.15, 0.2) is 5.13 Å². The van der Waals surface area contributed by atoms with Crippen molar-refractivity contribution in [3.63, 3.8) is 0 Å². The Hall–Kier alpha value is -2.12. The molecule has 3 rings (SSSR count). The lowest BCUT2D eigenvalue weighted by Gasteiger charge is -2.04. The normalized spacial score (nSPS) is 10.8. The molecule has 0 saturated carbocycles. The summed E-state index contributed by atoms with van der Waals surface area (Å²) < 4.78 is 11.7. The first-order valence-corrected chi connectivity index (χ1v) is 9.92. The van der Waals surface area contributed by atoms with E-state index < -0.39 is 0 Å². The molecule has 1 amide bonds. The van der Waals surface area contributed by atoms with Crippen LogP contribution in [0.1, 0.15) is 35.2 Å². The van der Waals surface area contributed by atoms with Crippen molar-refractivity contribution in [2.24, 2.45) is 0 Å². The second-order valence-electron chi connectivity index (χ2n) is 5.77. The molecular weight excluding hydrogens is 416 g/mol. The molecule has 5 nitrogen and oxygen atoms in total. The minimum atomic E-state index is -0.240. The van der Waals surface area contributed by atoms with Gasteiger partial charge in [-0.25, -0.2) is 4.98 Å². The molecule has 7 heteroatoms. The number of benzene rings is 1. The first kappa shape index (κ1) is 18.7. The Kier molecular flexibility index (Phi) is 5.78. The lowest BCUT2D eigenvalue weighted by Crippen LogP contribution is -2.12. The summed E-state index contributed by atoms with van der Waals surface area (Å²) in [4.78, 5) is 17.0. The number of hydrogen-bond donors (Lipinski definition) is 1. The highest BCUT2D eigenvalue weighted by atomic mass is 79.9. The van der Waals surface area contributed by atoms with Crippen molar-refractivity contribution >= 4 is 38.3 Å². The van der Waals surface area contributed by atoms with Crippen LogP contribution in [0.3, 0.4) is 0 Å². The van der Waals surface area contributed by atoms with E-state index in [-0.39, 0.29) is 5.91 Å². The van der Waals surface area contributed by atoms with Crippen LogP contribution in [0, 0.1) is 13.8 Å². The Balaban J connectivity index is 1.72. The number of anilines is 1. The number of carbonyl (C=O) groups is 1. The van der Waals surface area contributed by atoms with E-state index in [1.165, 1.54) is 11.3 Å². The zero-order valence-corrected chi connectivity index (χ0v) is 17.2. The Bertz CT molecular complexity index is 916. The molecule has 2 aromatic heterocycles. The number of hydrogen-bond acceptors (Lipinski definition) is 5. The largest absolute Gasteiger partial charge is 0.494 e. The second-order valence-corrected chi connectivity index (χ2v) is 7.42. The van der Waals surface area contributed by atoms with Crippen molar-refractivity contribution in [2.45, 2.75) is 27.2 Å². The fraction of sp³-hybridized carbons (Fsp3) is 0.263. The van der Waals surface area contributed by atoms with E-state index in [0.717, 1.165) is 23.4 Å². The number of aromatic nitrogens is 1. The van der Waals surface area contributed by atoms with E-state index in [0.29, 0.717) is 33.3 Å². The zero-order valence-electron chi connectivity index (χ0n) is 14.8. The molecule has 0 aliphatic rings. The molecule has 0 saturated heterocycles. The van der Waals surface area contributed by atoms with Gasteiger partial charge >= 0.3 is 0 Å². The van der Waals surface area contributed by atoms with Crippen LogP contribution in [-0.2, 0) is 0 Å². The van der Waals surface area contributed by atoms with Gasteiger partial charge in [-0.05, 0) is 60.5 Å². The maximum absolute atomic E-state index is 12.5. The summed E-state index contributed by atoms with van der Waals surface area (Å²) in [6.45, 7) is 6.35. The highest BCUT2D eigenvalue weighted by Gasteiger charge is 2.20. The van der Waals surface area contributed by atoms with E-state index in [4.69, 9.17) is 9.15 Å². The molecule has 2 heterocycles. The van der Waals surface area contributed by atoms with Crippen LogP contribution in [0.5, 0.6) is 5.75 Å². The molecule has 0 aliphatic heterocycles. The maximum Gasteiger partial charge on any atom is 0.262 e. The minimum absolute atomic E-state index is 0.240. The van der Waals surface area contributed by atoms with Crippen molar-refractivity contribution in [3.8, 4) is 17.0 Å². The third kappa shape index (κ3) is 3.99. The Morgan fingerprint density at radius 2 is 2.00 bits per heavy atom. The Labute approximate surface area is 164 Å². The third-order valence-corrected chi connectivity index (χ3v) is 5.47. The van der Waals surface area contributed by atoms with Crippen molar-refractivity contribution in [1.29, 1.82) is 0 Å². The molecule has 0 radical (unpaired) electrons. The first-order chi connectivity index (χ1) is 12.5. The molecule has 3 aromatic rings. The van der Waals surface area contributed by atoms with Crippen LogP contribution in [0.15, 0.2) is 38.5 Å². The molecule has 0 atom stereocenters. The van der Waals surface area contributed by atoms with Crippen molar-refractivity contribution < 1.29 is 13.9 Å². The topological polar surface area (TPSA) is 64.4 Å². The van der Waals surface area contributed by atoms with Gasteiger partial charge in [0.05, 0.1) is 22.3 Å². The fourth-order valence-electron chi connectivity index (χ4n) is 2.48. The fourth-order valence-corrected chi connectivity index (χ4v) is 3.74. The molecule has 0 unspecified atom stereocenters. The van der Waals surface area contributed by atoms with Gasteiger partial charge in [0.1, 0.15) is 17.3 Å². The lowest BCUT2D eigenvalue weighted by molar-refractivity contribution is 0.102. The number of nitrogens with zero attached hydrogens (tertiary/aromatic N) is 1. The van der Waals surface area contributed by atoms with Gasteiger partial charge in [-0.1, -0.05) is 6.92 Å². The van der Waals surface area contributed by atoms with Gasteiger partial charge < -0.3 is 9.15 Å². The standard InChI is InChI=1S/C19H19BrN2O3S/c1-4-9-24-14-7-5-13(6-8-14)15-10-26-19(21-15)22-18(23)16-11(2)25-12(3)17(16)20/h5-8,10H,4,9H2,1-3H3,(H,21,22,23). The molecule has 0 aliphatic carbocycles. The molecular formula is C19H19BrN2O3S. The Morgan fingerprint density at radius 1 is 1.27 bits per heavy atom. The van der Waals surface area contributed by atoms with Crippen LogP contribution in [0.4, 0.5) is 5.13 Å². The summed E-state index contributed by atoms with van der Waals surface area (Å²) >= 11 is 4.78. The summed E-state index contributed by atoms with van der Waals surface area (Å²) in [6, 6.07) is 7.78. The average molecular weight is 435 g/mol. The van der Waals surface area contributed by atoms with Crippen molar-refractivity contribution in [2.75, 3.05) is 11.9 Å². The predicted octanol–water partition coefficient (Wildman–Crippen LogP) is 5.82. The molecule has 26 heavy (non-hydrogen) atoms. The molecule has 136 valence electrons. The predicted molar refractivity (Wildman–Crippen MR) is 107 cm³/mol. The van der Waals surface area contributed by atoms with Crippen LogP contribution in [-0.4, -0.2) is 17.5 Å². The second kappa shape index (κ2) is 8.05. The molecule has 0 spiro atoms. The quantitative estimate of drug-likeness (QED) is 0.530. The van der Waals surface area contributed by atoms with E-state index in [9.17, 15) is 4.79 Å². The number of aryl methyl sites for hydroxylation is 2.